The van der Waals surface area contributed by atoms with Crippen LogP contribution in [0.4, 0.5) is 0 Å². The van der Waals surface area contributed by atoms with Crippen LogP contribution in [0.25, 0.3) is 0 Å². The zero-order chi connectivity index (χ0) is 12.1. The highest BCUT2D eigenvalue weighted by atomic mass is 16.5. The molecule has 98 valence electrons. The van der Waals surface area contributed by atoms with E-state index in [2.05, 4.69) is 11.8 Å². The Balaban J connectivity index is 1.91. The van der Waals surface area contributed by atoms with Gasteiger partial charge in [-0.15, -0.1) is 0 Å². The Morgan fingerprint density at radius 2 is 2.29 bits per heavy atom. The van der Waals surface area contributed by atoms with Crippen LogP contribution in [0.2, 0.25) is 0 Å². The molecule has 1 aliphatic carbocycles. The highest BCUT2D eigenvalue weighted by molar-refractivity contribution is 5.60. The van der Waals surface area contributed by atoms with E-state index in [1.807, 2.05) is 0 Å². The largest absolute Gasteiger partial charge is 0.380 e. The van der Waals surface area contributed by atoms with Crippen LogP contribution in [0.1, 0.15) is 45.4 Å². The molecule has 1 atom stereocenters. The van der Waals surface area contributed by atoms with Crippen molar-refractivity contribution in [1.29, 1.82) is 0 Å². The number of carbonyl (C=O) groups excluding carboxylic acids is 1. The van der Waals surface area contributed by atoms with E-state index in [0.717, 1.165) is 44.9 Å². The van der Waals surface area contributed by atoms with E-state index in [4.69, 9.17) is 4.74 Å². The molecule has 0 aromatic carbocycles. The molecule has 1 aliphatic heterocycles. The van der Waals surface area contributed by atoms with E-state index in [-0.39, 0.29) is 5.41 Å². The number of hydrogen-bond acceptors (Lipinski definition) is 3. The van der Waals surface area contributed by atoms with Gasteiger partial charge in [0.2, 0.25) is 0 Å². The lowest BCUT2D eigenvalue weighted by Crippen LogP contribution is -2.45. The van der Waals surface area contributed by atoms with Crippen molar-refractivity contribution in [2.24, 2.45) is 5.41 Å². The Kier molecular flexibility index (Phi) is 4.57. The summed E-state index contributed by atoms with van der Waals surface area (Å²) in [4.78, 5) is 14.0. The average Bonchev–Trinajstić information content (AvgIpc) is 3.20. The maximum absolute atomic E-state index is 11.4. The molecule has 0 aromatic heterocycles. The molecule has 3 heteroatoms. The van der Waals surface area contributed by atoms with Crippen LogP contribution in [-0.4, -0.2) is 43.5 Å². The lowest BCUT2D eigenvalue weighted by Gasteiger charge is -2.37. The van der Waals surface area contributed by atoms with Crippen molar-refractivity contribution >= 4 is 6.29 Å². The fourth-order valence-electron chi connectivity index (χ4n) is 2.72. The summed E-state index contributed by atoms with van der Waals surface area (Å²) < 4.78 is 5.52. The highest BCUT2D eigenvalue weighted by Gasteiger charge is 2.38. The van der Waals surface area contributed by atoms with Gasteiger partial charge in [0.25, 0.3) is 0 Å². The van der Waals surface area contributed by atoms with Gasteiger partial charge in [0.05, 0.1) is 12.0 Å². The fourth-order valence-corrected chi connectivity index (χ4v) is 2.72. The molecule has 2 fully saturated rings. The van der Waals surface area contributed by atoms with Crippen LogP contribution in [0, 0.1) is 5.41 Å². The highest BCUT2D eigenvalue weighted by Crippen LogP contribution is 2.33. The van der Waals surface area contributed by atoms with Gasteiger partial charge in [0, 0.05) is 19.2 Å². The third-order valence-electron chi connectivity index (χ3n) is 3.98. The zero-order valence-electron chi connectivity index (χ0n) is 11.0. The fraction of sp³-hybridized carbons (Fsp3) is 0.929. The predicted octanol–water partition coefficient (Wildman–Crippen LogP) is 2.25. The Bertz CT molecular complexity index is 245. The van der Waals surface area contributed by atoms with Crippen molar-refractivity contribution in [3.63, 3.8) is 0 Å². The zero-order valence-corrected chi connectivity index (χ0v) is 11.0. The van der Waals surface area contributed by atoms with Gasteiger partial charge in [-0.3, -0.25) is 4.90 Å². The summed E-state index contributed by atoms with van der Waals surface area (Å²) in [5.74, 6) is 0. The Hall–Kier alpha value is -0.410. The van der Waals surface area contributed by atoms with E-state index in [9.17, 15) is 4.79 Å². The summed E-state index contributed by atoms with van der Waals surface area (Å²) in [5.41, 5.74) is -0.214. The van der Waals surface area contributed by atoms with Crippen molar-refractivity contribution < 1.29 is 9.53 Å². The number of unbranched alkanes of at least 4 members (excludes halogenated alkanes) is 1. The number of aldehydes is 1. The molecule has 1 saturated heterocycles. The predicted molar refractivity (Wildman–Crippen MR) is 68.1 cm³/mol. The first-order valence-electron chi connectivity index (χ1n) is 7.08. The summed E-state index contributed by atoms with van der Waals surface area (Å²) in [7, 11) is 0. The molecule has 0 aromatic rings. The molecular weight excluding hydrogens is 214 g/mol. The van der Waals surface area contributed by atoms with Crippen molar-refractivity contribution in [3.05, 3.63) is 0 Å². The Morgan fingerprint density at radius 1 is 1.47 bits per heavy atom. The molecule has 0 radical (unpaired) electrons. The van der Waals surface area contributed by atoms with E-state index in [1.165, 1.54) is 25.7 Å². The second-order valence-electron chi connectivity index (χ2n) is 5.69. The molecule has 17 heavy (non-hydrogen) atoms. The standard InChI is InChI=1S/C14H25NO2/c1-2-3-8-15(13-5-6-13)10-14(11-16)7-4-9-17-12-14/h11,13H,2-10,12H2,1H3. The molecule has 1 heterocycles. The summed E-state index contributed by atoms with van der Waals surface area (Å²) in [5, 5.41) is 0. The van der Waals surface area contributed by atoms with E-state index < -0.39 is 0 Å². The SMILES string of the molecule is CCCCN(CC1(C=O)CCCOC1)C1CC1. The van der Waals surface area contributed by atoms with Gasteiger partial charge >= 0.3 is 0 Å². The molecule has 0 spiro atoms. The second kappa shape index (κ2) is 5.96. The van der Waals surface area contributed by atoms with Gasteiger partial charge in [0.1, 0.15) is 6.29 Å². The first-order valence-corrected chi connectivity index (χ1v) is 7.08. The van der Waals surface area contributed by atoms with E-state index in [0.29, 0.717) is 6.61 Å². The van der Waals surface area contributed by atoms with Gasteiger partial charge in [-0.1, -0.05) is 13.3 Å². The quantitative estimate of drug-likeness (QED) is 0.638. The average molecular weight is 239 g/mol. The molecule has 0 bridgehead atoms. The Labute approximate surface area is 105 Å². The van der Waals surface area contributed by atoms with Crippen LogP contribution in [0.3, 0.4) is 0 Å². The molecule has 1 unspecified atom stereocenters. The van der Waals surface area contributed by atoms with Crippen molar-refractivity contribution in [2.75, 3.05) is 26.3 Å². The third-order valence-corrected chi connectivity index (χ3v) is 3.98. The van der Waals surface area contributed by atoms with Crippen LogP contribution in [-0.2, 0) is 9.53 Å². The topological polar surface area (TPSA) is 29.5 Å². The van der Waals surface area contributed by atoms with Crippen molar-refractivity contribution in [3.8, 4) is 0 Å². The van der Waals surface area contributed by atoms with Gasteiger partial charge in [-0.2, -0.15) is 0 Å². The van der Waals surface area contributed by atoms with Crippen LogP contribution in [0.15, 0.2) is 0 Å². The van der Waals surface area contributed by atoms with Gasteiger partial charge in [-0.05, 0) is 38.6 Å². The minimum Gasteiger partial charge on any atom is -0.380 e. The molecule has 2 rings (SSSR count). The summed E-state index contributed by atoms with van der Waals surface area (Å²) >= 11 is 0. The Morgan fingerprint density at radius 3 is 2.82 bits per heavy atom. The van der Waals surface area contributed by atoms with Crippen LogP contribution >= 0.6 is 0 Å². The summed E-state index contributed by atoms with van der Waals surface area (Å²) in [6.07, 6.45) is 8.31. The summed E-state index contributed by atoms with van der Waals surface area (Å²) in [6, 6.07) is 0.750. The minimum atomic E-state index is -0.214. The van der Waals surface area contributed by atoms with E-state index >= 15 is 0 Å². The lowest BCUT2D eigenvalue weighted by molar-refractivity contribution is -0.125. The lowest BCUT2D eigenvalue weighted by atomic mass is 9.83. The monoisotopic (exact) mass is 239 g/mol. The second-order valence-corrected chi connectivity index (χ2v) is 5.69. The number of ether oxygens (including phenoxy) is 1. The summed E-state index contributed by atoms with van der Waals surface area (Å²) in [6.45, 7) is 5.75. The molecule has 1 saturated carbocycles. The number of carbonyl (C=O) groups is 1. The van der Waals surface area contributed by atoms with Gasteiger partial charge < -0.3 is 9.53 Å². The van der Waals surface area contributed by atoms with Crippen LogP contribution in [0.5, 0.6) is 0 Å². The van der Waals surface area contributed by atoms with Gasteiger partial charge in [-0.25, -0.2) is 0 Å². The number of hydrogen-bond donors (Lipinski definition) is 0. The van der Waals surface area contributed by atoms with Crippen molar-refractivity contribution in [2.45, 2.75) is 51.5 Å². The van der Waals surface area contributed by atoms with E-state index in [1.54, 1.807) is 0 Å². The number of nitrogens with zero attached hydrogens (tertiary/aromatic N) is 1. The minimum absolute atomic E-state index is 0.214. The number of rotatable bonds is 7. The molecular formula is C14H25NO2. The van der Waals surface area contributed by atoms with Gasteiger partial charge in [0.15, 0.2) is 0 Å². The maximum atomic E-state index is 11.4. The molecule has 0 amide bonds. The molecule has 3 nitrogen and oxygen atoms in total. The first-order chi connectivity index (χ1) is 8.29. The third kappa shape index (κ3) is 3.52. The molecule has 2 aliphatic rings. The first kappa shape index (κ1) is 13.0. The maximum Gasteiger partial charge on any atom is 0.129 e. The van der Waals surface area contributed by atoms with Crippen molar-refractivity contribution in [1.82, 2.24) is 4.90 Å². The smallest absolute Gasteiger partial charge is 0.129 e. The van der Waals surface area contributed by atoms with Crippen LogP contribution < -0.4 is 0 Å². The molecule has 0 N–H and O–H groups in total. The normalized spacial score (nSPS) is 29.5.